The standard InChI is InChI=1S/C13H17N3O3/c1-10(2)15(7-6-14)9-11-8-12(16(17)18)4-5-13(11)19-3/h4-5,8,10H,7,9H2,1-3H3. The lowest BCUT2D eigenvalue weighted by Gasteiger charge is -2.24. The fraction of sp³-hybridized carbons (Fsp3) is 0.462. The number of nitro groups is 1. The van der Waals surface area contributed by atoms with Gasteiger partial charge in [0.25, 0.3) is 5.69 Å². The molecular weight excluding hydrogens is 246 g/mol. The first-order chi connectivity index (χ1) is 8.99. The molecule has 0 radical (unpaired) electrons. The number of nitrogens with zero attached hydrogens (tertiary/aromatic N) is 3. The third-order valence-corrected chi connectivity index (χ3v) is 2.85. The Hall–Kier alpha value is -2.13. The normalized spacial score (nSPS) is 10.5. The number of non-ortho nitro benzene ring substituents is 1. The van der Waals surface area contributed by atoms with Gasteiger partial charge in [0.05, 0.1) is 24.6 Å². The number of rotatable bonds is 6. The third kappa shape index (κ3) is 3.93. The zero-order valence-electron chi connectivity index (χ0n) is 11.3. The van der Waals surface area contributed by atoms with Crippen LogP contribution >= 0.6 is 0 Å². The number of nitro benzene ring substituents is 1. The second kappa shape index (κ2) is 6.71. The summed E-state index contributed by atoms with van der Waals surface area (Å²) >= 11 is 0. The first-order valence-corrected chi connectivity index (χ1v) is 5.92. The topological polar surface area (TPSA) is 79.4 Å². The van der Waals surface area contributed by atoms with Crippen LogP contribution in [0.2, 0.25) is 0 Å². The van der Waals surface area contributed by atoms with Gasteiger partial charge in [-0.15, -0.1) is 0 Å². The molecule has 0 atom stereocenters. The van der Waals surface area contributed by atoms with Crippen molar-refractivity contribution in [1.82, 2.24) is 4.90 Å². The zero-order valence-corrected chi connectivity index (χ0v) is 11.3. The number of benzene rings is 1. The quantitative estimate of drug-likeness (QED) is 0.447. The SMILES string of the molecule is COc1ccc([N+](=O)[O-])cc1CN(CC#N)C(C)C. The van der Waals surface area contributed by atoms with E-state index in [-0.39, 0.29) is 18.3 Å². The summed E-state index contributed by atoms with van der Waals surface area (Å²) in [6.45, 7) is 4.65. The molecule has 0 unspecified atom stereocenters. The van der Waals surface area contributed by atoms with Crippen molar-refractivity contribution in [2.24, 2.45) is 0 Å². The molecule has 19 heavy (non-hydrogen) atoms. The summed E-state index contributed by atoms with van der Waals surface area (Å²) in [5.41, 5.74) is 0.733. The van der Waals surface area contributed by atoms with Crippen LogP contribution in [0.3, 0.4) is 0 Å². The van der Waals surface area contributed by atoms with E-state index < -0.39 is 4.92 Å². The van der Waals surface area contributed by atoms with Gasteiger partial charge >= 0.3 is 0 Å². The van der Waals surface area contributed by atoms with Gasteiger partial charge < -0.3 is 4.74 Å². The molecule has 0 aliphatic rings. The van der Waals surface area contributed by atoms with E-state index in [9.17, 15) is 10.1 Å². The molecule has 0 aromatic heterocycles. The number of hydrogen-bond donors (Lipinski definition) is 0. The van der Waals surface area contributed by atoms with Crippen LogP contribution in [-0.2, 0) is 6.54 Å². The minimum absolute atomic E-state index is 0.0245. The van der Waals surface area contributed by atoms with Crippen LogP contribution < -0.4 is 4.74 Å². The van der Waals surface area contributed by atoms with Crippen LogP contribution in [0, 0.1) is 21.4 Å². The highest BCUT2D eigenvalue weighted by Gasteiger charge is 2.16. The molecule has 0 fully saturated rings. The third-order valence-electron chi connectivity index (χ3n) is 2.85. The molecule has 6 nitrogen and oxygen atoms in total. The molecule has 0 aliphatic heterocycles. The molecule has 0 saturated heterocycles. The molecule has 0 bridgehead atoms. The highest BCUT2D eigenvalue weighted by Crippen LogP contribution is 2.25. The minimum Gasteiger partial charge on any atom is -0.496 e. The smallest absolute Gasteiger partial charge is 0.270 e. The molecule has 1 aromatic carbocycles. The predicted molar refractivity (Wildman–Crippen MR) is 70.8 cm³/mol. The summed E-state index contributed by atoms with van der Waals surface area (Å²) in [5.74, 6) is 0.592. The summed E-state index contributed by atoms with van der Waals surface area (Å²) < 4.78 is 5.21. The van der Waals surface area contributed by atoms with Crippen LogP contribution in [0.5, 0.6) is 5.75 Å². The van der Waals surface area contributed by atoms with E-state index in [1.807, 2.05) is 18.7 Å². The number of hydrogen-bond acceptors (Lipinski definition) is 5. The fourth-order valence-corrected chi connectivity index (χ4v) is 1.73. The molecule has 1 rings (SSSR count). The lowest BCUT2D eigenvalue weighted by molar-refractivity contribution is -0.385. The zero-order chi connectivity index (χ0) is 14.4. The first kappa shape index (κ1) is 14.9. The van der Waals surface area contributed by atoms with Crippen molar-refractivity contribution >= 4 is 5.69 Å². The van der Waals surface area contributed by atoms with E-state index in [2.05, 4.69) is 6.07 Å². The Kier molecular flexibility index (Phi) is 5.27. The largest absolute Gasteiger partial charge is 0.496 e. The van der Waals surface area contributed by atoms with Crippen LogP contribution in [0.4, 0.5) is 5.69 Å². The highest BCUT2D eigenvalue weighted by molar-refractivity contribution is 5.43. The van der Waals surface area contributed by atoms with Gasteiger partial charge in [0.2, 0.25) is 0 Å². The fourth-order valence-electron chi connectivity index (χ4n) is 1.73. The Morgan fingerprint density at radius 1 is 1.53 bits per heavy atom. The van der Waals surface area contributed by atoms with E-state index in [4.69, 9.17) is 10.00 Å². The Labute approximate surface area is 112 Å². The van der Waals surface area contributed by atoms with E-state index >= 15 is 0 Å². The van der Waals surface area contributed by atoms with Gasteiger partial charge in [-0.05, 0) is 19.9 Å². The Morgan fingerprint density at radius 3 is 2.68 bits per heavy atom. The van der Waals surface area contributed by atoms with Crippen molar-refractivity contribution in [3.63, 3.8) is 0 Å². The van der Waals surface area contributed by atoms with Crippen molar-refractivity contribution in [3.8, 4) is 11.8 Å². The van der Waals surface area contributed by atoms with E-state index in [0.717, 1.165) is 0 Å². The van der Waals surface area contributed by atoms with Gasteiger partial charge in [0.15, 0.2) is 0 Å². The van der Waals surface area contributed by atoms with Crippen LogP contribution in [-0.4, -0.2) is 29.5 Å². The molecule has 102 valence electrons. The Morgan fingerprint density at radius 2 is 2.21 bits per heavy atom. The van der Waals surface area contributed by atoms with E-state index in [1.54, 1.807) is 6.07 Å². The number of methoxy groups -OCH3 is 1. The molecule has 0 N–H and O–H groups in total. The first-order valence-electron chi connectivity index (χ1n) is 5.92. The average molecular weight is 263 g/mol. The van der Waals surface area contributed by atoms with Gasteiger partial charge in [-0.2, -0.15) is 5.26 Å². The summed E-state index contributed by atoms with van der Waals surface area (Å²) in [4.78, 5) is 12.3. The van der Waals surface area contributed by atoms with Gasteiger partial charge in [0.1, 0.15) is 5.75 Å². The van der Waals surface area contributed by atoms with Gasteiger partial charge in [0, 0.05) is 30.3 Å². The van der Waals surface area contributed by atoms with Crippen molar-refractivity contribution in [2.45, 2.75) is 26.4 Å². The summed E-state index contributed by atoms with van der Waals surface area (Å²) in [6, 6.07) is 6.75. The van der Waals surface area contributed by atoms with Crippen LogP contribution in [0.1, 0.15) is 19.4 Å². The maximum absolute atomic E-state index is 10.8. The highest BCUT2D eigenvalue weighted by atomic mass is 16.6. The van der Waals surface area contributed by atoms with Crippen LogP contribution in [0.15, 0.2) is 18.2 Å². The molecule has 0 spiro atoms. The monoisotopic (exact) mass is 263 g/mol. The van der Waals surface area contributed by atoms with E-state index in [0.29, 0.717) is 17.9 Å². The predicted octanol–water partition coefficient (Wildman–Crippen LogP) is 2.34. The van der Waals surface area contributed by atoms with Crippen molar-refractivity contribution in [1.29, 1.82) is 5.26 Å². The molecule has 6 heteroatoms. The van der Waals surface area contributed by atoms with Crippen molar-refractivity contribution in [2.75, 3.05) is 13.7 Å². The molecule has 0 saturated carbocycles. The lowest BCUT2D eigenvalue weighted by atomic mass is 10.1. The molecular formula is C13H17N3O3. The van der Waals surface area contributed by atoms with Crippen LogP contribution in [0.25, 0.3) is 0 Å². The summed E-state index contributed by atoms with van der Waals surface area (Å²) in [5, 5.41) is 19.6. The minimum atomic E-state index is -0.438. The van der Waals surface area contributed by atoms with Gasteiger partial charge in [-0.3, -0.25) is 15.0 Å². The van der Waals surface area contributed by atoms with Crippen molar-refractivity contribution in [3.05, 3.63) is 33.9 Å². The second-order valence-corrected chi connectivity index (χ2v) is 4.41. The summed E-state index contributed by atoms with van der Waals surface area (Å²) in [6.07, 6.45) is 0. The van der Waals surface area contributed by atoms with Crippen molar-refractivity contribution < 1.29 is 9.66 Å². The van der Waals surface area contributed by atoms with Gasteiger partial charge in [-0.25, -0.2) is 0 Å². The Bertz CT molecular complexity index is 494. The lowest BCUT2D eigenvalue weighted by Crippen LogP contribution is -2.30. The van der Waals surface area contributed by atoms with Gasteiger partial charge in [-0.1, -0.05) is 0 Å². The maximum Gasteiger partial charge on any atom is 0.270 e. The van der Waals surface area contributed by atoms with E-state index in [1.165, 1.54) is 19.2 Å². The number of nitriles is 1. The number of ether oxygens (including phenoxy) is 1. The molecule has 1 aromatic rings. The second-order valence-electron chi connectivity index (χ2n) is 4.41. The summed E-state index contributed by atoms with van der Waals surface area (Å²) in [7, 11) is 1.52. The molecule has 0 amide bonds. The Balaban J connectivity index is 3.06. The molecule has 0 heterocycles. The average Bonchev–Trinajstić information content (AvgIpc) is 2.37. The maximum atomic E-state index is 10.8. The molecule has 0 aliphatic carbocycles.